The standard InChI is InChI=1S/C14H13F2NO3S/c1-10-7-8-13(20-14(15)16)12(9-10)17-21(18,19)11-5-3-2-4-6-11/h2-9,14,17H,1H3. The van der Waals surface area contributed by atoms with Gasteiger partial charge in [-0.15, -0.1) is 0 Å². The van der Waals surface area contributed by atoms with Gasteiger partial charge in [0.1, 0.15) is 5.75 Å². The molecular weight excluding hydrogens is 300 g/mol. The molecule has 7 heteroatoms. The Kier molecular flexibility index (Phi) is 4.42. The highest BCUT2D eigenvalue weighted by molar-refractivity contribution is 7.92. The van der Waals surface area contributed by atoms with Gasteiger partial charge in [0.2, 0.25) is 0 Å². The first-order valence-corrected chi connectivity index (χ1v) is 7.50. The topological polar surface area (TPSA) is 55.4 Å². The predicted molar refractivity (Wildman–Crippen MR) is 75.1 cm³/mol. The summed E-state index contributed by atoms with van der Waals surface area (Å²) < 4.78 is 55.7. The molecule has 2 rings (SSSR count). The third kappa shape index (κ3) is 3.91. The lowest BCUT2D eigenvalue weighted by atomic mass is 10.2. The summed E-state index contributed by atoms with van der Waals surface area (Å²) in [7, 11) is -3.86. The zero-order valence-corrected chi connectivity index (χ0v) is 11.9. The zero-order valence-electron chi connectivity index (χ0n) is 11.1. The largest absolute Gasteiger partial charge is 0.433 e. The smallest absolute Gasteiger partial charge is 0.387 e. The molecule has 0 saturated heterocycles. The van der Waals surface area contributed by atoms with E-state index in [0.717, 1.165) is 0 Å². The fraction of sp³-hybridized carbons (Fsp3) is 0.143. The van der Waals surface area contributed by atoms with Crippen molar-refractivity contribution in [2.45, 2.75) is 18.4 Å². The van der Waals surface area contributed by atoms with Gasteiger partial charge in [0.05, 0.1) is 10.6 Å². The van der Waals surface area contributed by atoms with Crippen molar-refractivity contribution >= 4 is 15.7 Å². The van der Waals surface area contributed by atoms with Crippen LogP contribution in [0.5, 0.6) is 5.75 Å². The minimum absolute atomic E-state index is 0.0286. The van der Waals surface area contributed by atoms with Gasteiger partial charge < -0.3 is 4.74 Å². The van der Waals surface area contributed by atoms with Crippen LogP contribution in [-0.4, -0.2) is 15.0 Å². The second-order valence-electron chi connectivity index (χ2n) is 4.30. The molecular formula is C14H13F2NO3S. The zero-order chi connectivity index (χ0) is 15.5. The Morgan fingerprint density at radius 3 is 2.38 bits per heavy atom. The van der Waals surface area contributed by atoms with Crippen LogP contribution in [0.15, 0.2) is 53.4 Å². The summed E-state index contributed by atoms with van der Waals surface area (Å²) in [5, 5.41) is 0. The van der Waals surface area contributed by atoms with Gasteiger partial charge in [-0.1, -0.05) is 24.3 Å². The Hall–Kier alpha value is -2.15. The van der Waals surface area contributed by atoms with E-state index in [1.165, 1.54) is 24.3 Å². The average molecular weight is 313 g/mol. The quantitative estimate of drug-likeness (QED) is 0.920. The molecule has 112 valence electrons. The number of hydrogen-bond acceptors (Lipinski definition) is 3. The van der Waals surface area contributed by atoms with Crippen LogP contribution in [0.3, 0.4) is 0 Å². The molecule has 0 aliphatic rings. The summed E-state index contributed by atoms with van der Waals surface area (Å²) in [6, 6.07) is 11.9. The van der Waals surface area contributed by atoms with Gasteiger partial charge in [-0.25, -0.2) is 8.42 Å². The number of ether oxygens (including phenoxy) is 1. The lowest BCUT2D eigenvalue weighted by molar-refractivity contribution is -0.0493. The highest BCUT2D eigenvalue weighted by atomic mass is 32.2. The van der Waals surface area contributed by atoms with Crippen LogP contribution < -0.4 is 9.46 Å². The average Bonchev–Trinajstić information content (AvgIpc) is 2.42. The molecule has 0 atom stereocenters. The van der Waals surface area contributed by atoms with Crippen molar-refractivity contribution < 1.29 is 21.9 Å². The summed E-state index contributed by atoms with van der Waals surface area (Å²) >= 11 is 0. The van der Waals surface area contributed by atoms with Crippen LogP contribution in [0.4, 0.5) is 14.5 Å². The summed E-state index contributed by atoms with van der Waals surface area (Å²) in [6.07, 6.45) is 0. The number of aryl methyl sites for hydroxylation is 1. The van der Waals surface area contributed by atoms with Gasteiger partial charge in [0.15, 0.2) is 0 Å². The van der Waals surface area contributed by atoms with Crippen molar-refractivity contribution in [3.8, 4) is 5.75 Å². The lowest BCUT2D eigenvalue weighted by Crippen LogP contribution is -2.14. The Morgan fingerprint density at radius 1 is 1.10 bits per heavy atom. The van der Waals surface area contributed by atoms with E-state index in [1.807, 2.05) is 0 Å². The van der Waals surface area contributed by atoms with Crippen molar-refractivity contribution in [2.24, 2.45) is 0 Å². The molecule has 2 aromatic rings. The van der Waals surface area contributed by atoms with Crippen molar-refractivity contribution in [1.82, 2.24) is 0 Å². The molecule has 1 N–H and O–H groups in total. The third-order valence-corrected chi connectivity index (χ3v) is 4.03. The lowest BCUT2D eigenvalue weighted by Gasteiger charge is -2.13. The number of sulfonamides is 1. The molecule has 0 aliphatic carbocycles. The van der Waals surface area contributed by atoms with Gasteiger partial charge in [-0.2, -0.15) is 8.78 Å². The SMILES string of the molecule is Cc1ccc(OC(F)F)c(NS(=O)(=O)c2ccccc2)c1. The molecule has 4 nitrogen and oxygen atoms in total. The highest BCUT2D eigenvalue weighted by Gasteiger charge is 2.17. The van der Waals surface area contributed by atoms with Crippen molar-refractivity contribution in [2.75, 3.05) is 4.72 Å². The maximum Gasteiger partial charge on any atom is 0.387 e. The predicted octanol–water partition coefficient (Wildman–Crippen LogP) is 3.40. The van der Waals surface area contributed by atoms with Gasteiger partial charge in [-0.05, 0) is 36.8 Å². The second kappa shape index (κ2) is 6.09. The van der Waals surface area contributed by atoms with Gasteiger partial charge in [-0.3, -0.25) is 4.72 Å². The van der Waals surface area contributed by atoms with E-state index >= 15 is 0 Å². The van der Waals surface area contributed by atoms with Crippen molar-refractivity contribution in [3.05, 3.63) is 54.1 Å². The van der Waals surface area contributed by atoms with Crippen molar-refractivity contribution in [1.29, 1.82) is 0 Å². The Bertz CT molecular complexity index is 718. The molecule has 0 fully saturated rings. The minimum atomic E-state index is -3.86. The molecule has 0 radical (unpaired) electrons. The first kappa shape index (κ1) is 15.2. The summed E-state index contributed by atoms with van der Waals surface area (Å²) in [6.45, 7) is -1.32. The highest BCUT2D eigenvalue weighted by Crippen LogP contribution is 2.29. The number of alkyl halides is 2. The van der Waals surface area contributed by atoms with E-state index in [9.17, 15) is 17.2 Å². The van der Waals surface area contributed by atoms with E-state index in [0.29, 0.717) is 5.56 Å². The number of hydrogen-bond donors (Lipinski definition) is 1. The first-order valence-electron chi connectivity index (χ1n) is 6.02. The monoisotopic (exact) mass is 313 g/mol. The molecule has 21 heavy (non-hydrogen) atoms. The molecule has 0 amide bonds. The molecule has 0 bridgehead atoms. The minimum Gasteiger partial charge on any atom is -0.433 e. The number of rotatable bonds is 5. The van der Waals surface area contributed by atoms with Crippen LogP contribution in [0.25, 0.3) is 0 Å². The van der Waals surface area contributed by atoms with Gasteiger partial charge in [0, 0.05) is 0 Å². The summed E-state index contributed by atoms with van der Waals surface area (Å²) in [5.41, 5.74) is 0.682. The van der Waals surface area contributed by atoms with E-state index < -0.39 is 16.6 Å². The molecule has 0 spiro atoms. The Balaban J connectivity index is 2.36. The maximum atomic E-state index is 12.4. The molecule has 2 aromatic carbocycles. The molecule has 0 saturated carbocycles. The van der Waals surface area contributed by atoms with E-state index in [-0.39, 0.29) is 16.3 Å². The normalized spacial score (nSPS) is 11.4. The number of benzene rings is 2. The Morgan fingerprint density at radius 2 is 1.76 bits per heavy atom. The summed E-state index contributed by atoms with van der Waals surface area (Å²) in [5.74, 6) is -0.227. The summed E-state index contributed by atoms with van der Waals surface area (Å²) in [4.78, 5) is 0.0366. The fourth-order valence-electron chi connectivity index (χ4n) is 1.73. The molecule has 0 aliphatic heterocycles. The van der Waals surface area contributed by atoms with Crippen LogP contribution in [0, 0.1) is 6.92 Å². The second-order valence-corrected chi connectivity index (χ2v) is 5.98. The molecule has 0 heterocycles. The number of anilines is 1. The number of halogens is 2. The molecule has 0 aromatic heterocycles. The van der Waals surface area contributed by atoms with E-state index in [4.69, 9.17) is 0 Å². The van der Waals surface area contributed by atoms with Gasteiger partial charge in [0.25, 0.3) is 10.0 Å². The van der Waals surface area contributed by atoms with Crippen LogP contribution in [0.1, 0.15) is 5.56 Å². The first-order chi connectivity index (χ1) is 9.88. The van der Waals surface area contributed by atoms with Crippen LogP contribution in [-0.2, 0) is 10.0 Å². The molecule has 0 unspecified atom stereocenters. The third-order valence-electron chi connectivity index (χ3n) is 2.65. The number of nitrogens with one attached hydrogen (secondary N) is 1. The van der Waals surface area contributed by atoms with Crippen molar-refractivity contribution in [3.63, 3.8) is 0 Å². The maximum absolute atomic E-state index is 12.4. The van der Waals surface area contributed by atoms with Crippen LogP contribution >= 0.6 is 0 Å². The van der Waals surface area contributed by atoms with E-state index in [1.54, 1.807) is 31.2 Å². The van der Waals surface area contributed by atoms with Gasteiger partial charge >= 0.3 is 6.61 Å². The van der Waals surface area contributed by atoms with Crippen LogP contribution in [0.2, 0.25) is 0 Å². The fourth-order valence-corrected chi connectivity index (χ4v) is 2.81. The Labute approximate surface area is 121 Å². The van der Waals surface area contributed by atoms with E-state index in [2.05, 4.69) is 9.46 Å².